The zero-order valence-electron chi connectivity index (χ0n) is 12.1. The molecule has 1 aromatic rings. The lowest BCUT2D eigenvalue weighted by molar-refractivity contribution is 0.0372. The van der Waals surface area contributed by atoms with Crippen LogP contribution in [0.1, 0.15) is 29.6 Å². The van der Waals surface area contributed by atoms with E-state index in [0.717, 1.165) is 30.9 Å². The standard InChI is InChI=1S/C16H23N3O/c1-17-14-7-5-13(6-8-14)16(20)19-11-10-18-9-3-2-4-15(18)12-19/h5-8,15,17H,2-4,9-12H2,1H3. The fraction of sp³-hybridized carbons (Fsp3) is 0.562. The molecule has 0 spiro atoms. The van der Waals surface area contributed by atoms with Crippen LogP contribution in [0, 0.1) is 0 Å². The first-order valence-corrected chi connectivity index (χ1v) is 7.59. The normalized spacial score (nSPS) is 23.2. The Morgan fingerprint density at radius 1 is 1.15 bits per heavy atom. The van der Waals surface area contributed by atoms with Gasteiger partial charge in [-0.25, -0.2) is 0 Å². The molecule has 0 bridgehead atoms. The maximum Gasteiger partial charge on any atom is 0.253 e. The van der Waals surface area contributed by atoms with E-state index in [0.29, 0.717) is 6.04 Å². The zero-order chi connectivity index (χ0) is 13.9. The molecule has 1 unspecified atom stereocenters. The lowest BCUT2D eigenvalue weighted by Gasteiger charge is -2.44. The van der Waals surface area contributed by atoms with Gasteiger partial charge < -0.3 is 10.2 Å². The molecule has 4 nitrogen and oxygen atoms in total. The van der Waals surface area contributed by atoms with Crippen LogP contribution < -0.4 is 5.32 Å². The average Bonchev–Trinajstić information content (AvgIpc) is 2.54. The highest BCUT2D eigenvalue weighted by Gasteiger charge is 2.31. The van der Waals surface area contributed by atoms with Crippen LogP contribution in [0.15, 0.2) is 24.3 Å². The number of benzene rings is 1. The predicted octanol–water partition coefficient (Wildman–Crippen LogP) is 2.04. The van der Waals surface area contributed by atoms with Gasteiger partial charge in [-0.15, -0.1) is 0 Å². The van der Waals surface area contributed by atoms with Crippen molar-refractivity contribution in [2.75, 3.05) is 38.5 Å². The van der Waals surface area contributed by atoms with Gasteiger partial charge in [0.25, 0.3) is 5.91 Å². The third kappa shape index (κ3) is 2.66. The summed E-state index contributed by atoms with van der Waals surface area (Å²) in [5, 5.41) is 3.08. The van der Waals surface area contributed by atoms with E-state index in [4.69, 9.17) is 0 Å². The van der Waals surface area contributed by atoms with Gasteiger partial charge in [0.1, 0.15) is 0 Å². The van der Waals surface area contributed by atoms with Crippen LogP contribution in [-0.4, -0.2) is 55.0 Å². The summed E-state index contributed by atoms with van der Waals surface area (Å²) >= 11 is 0. The Morgan fingerprint density at radius 3 is 2.70 bits per heavy atom. The Kier molecular flexibility index (Phi) is 3.92. The second-order valence-electron chi connectivity index (χ2n) is 5.76. The molecule has 1 atom stereocenters. The Bertz CT molecular complexity index is 471. The number of piperazine rings is 1. The number of piperidine rings is 1. The number of nitrogens with one attached hydrogen (secondary N) is 1. The van der Waals surface area contributed by atoms with E-state index in [1.807, 2.05) is 36.2 Å². The quantitative estimate of drug-likeness (QED) is 0.895. The lowest BCUT2D eigenvalue weighted by Crippen LogP contribution is -2.56. The van der Waals surface area contributed by atoms with Crippen molar-refractivity contribution in [1.29, 1.82) is 0 Å². The first-order chi connectivity index (χ1) is 9.78. The van der Waals surface area contributed by atoms with E-state index >= 15 is 0 Å². The largest absolute Gasteiger partial charge is 0.388 e. The SMILES string of the molecule is CNc1ccc(C(=O)N2CCN3CCCCC3C2)cc1. The minimum Gasteiger partial charge on any atom is -0.388 e. The monoisotopic (exact) mass is 273 g/mol. The van der Waals surface area contributed by atoms with Crippen LogP contribution in [0.2, 0.25) is 0 Å². The average molecular weight is 273 g/mol. The van der Waals surface area contributed by atoms with Gasteiger partial charge in [-0.05, 0) is 43.7 Å². The van der Waals surface area contributed by atoms with Crippen LogP contribution in [0.4, 0.5) is 5.69 Å². The number of carbonyl (C=O) groups excluding carboxylic acids is 1. The molecule has 0 radical (unpaired) electrons. The molecule has 2 saturated heterocycles. The summed E-state index contributed by atoms with van der Waals surface area (Å²) in [5.74, 6) is 0.179. The van der Waals surface area contributed by atoms with Gasteiger partial charge in [-0.1, -0.05) is 6.42 Å². The Morgan fingerprint density at radius 2 is 1.95 bits per heavy atom. The number of rotatable bonds is 2. The van der Waals surface area contributed by atoms with Crippen molar-refractivity contribution >= 4 is 11.6 Å². The van der Waals surface area contributed by atoms with Gasteiger partial charge >= 0.3 is 0 Å². The molecule has 1 amide bonds. The van der Waals surface area contributed by atoms with Crippen molar-refractivity contribution in [3.63, 3.8) is 0 Å². The molecule has 3 rings (SSSR count). The van der Waals surface area contributed by atoms with Gasteiger partial charge in [0, 0.05) is 44.0 Å². The van der Waals surface area contributed by atoms with E-state index in [1.54, 1.807) is 0 Å². The molecule has 0 aromatic heterocycles. The van der Waals surface area contributed by atoms with Crippen molar-refractivity contribution in [2.24, 2.45) is 0 Å². The molecular weight excluding hydrogens is 250 g/mol. The first kappa shape index (κ1) is 13.4. The smallest absolute Gasteiger partial charge is 0.253 e. The number of carbonyl (C=O) groups is 1. The molecule has 1 aromatic carbocycles. The van der Waals surface area contributed by atoms with Crippen molar-refractivity contribution in [2.45, 2.75) is 25.3 Å². The summed E-state index contributed by atoms with van der Waals surface area (Å²) in [7, 11) is 1.89. The van der Waals surface area contributed by atoms with Crippen LogP contribution in [0.25, 0.3) is 0 Å². The highest BCUT2D eigenvalue weighted by molar-refractivity contribution is 5.94. The fourth-order valence-corrected chi connectivity index (χ4v) is 3.30. The minimum atomic E-state index is 0.179. The number of nitrogens with zero attached hydrogens (tertiary/aromatic N) is 2. The topological polar surface area (TPSA) is 35.6 Å². The van der Waals surface area contributed by atoms with E-state index in [-0.39, 0.29) is 5.91 Å². The fourth-order valence-electron chi connectivity index (χ4n) is 3.30. The van der Waals surface area contributed by atoms with Crippen LogP contribution in [0.5, 0.6) is 0 Å². The van der Waals surface area contributed by atoms with Crippen molar-refractivity contribution < 1.29 is 4.79 Å². The molecule has 108 valence electrons. The van der Waals surface area contributed by atoms with Crippen molar-refractivity contribution in [3.05, 3.63) is 29.8 Å². The lowest BCUT2D eigenvalue weighted by atomic mass is 9.99. The summed E-state index contributed by atoms with van der Waals surface area (Å²) in [6, 6.07) is 8.34. The number of hydrogen-bond donors (Lipinski definition) is 1. The highest BCUT2D eigenvalue weighted by atomic mass is 16.2. The minimum absolute atomic E-state index is 0.179. The third-order valence-electron chi connectivity index (χ3n) is 4.55. The van der Waals surface area contributed by atoms with Crippen LogP contribution in [0.3, 0.4) is 0 Å². The van der Waals surface area contributed by atoms with Gasteiger partial charge in [-0.2, -0.15) is 0 Å². The molecule has 20 heavy (non-hydrogen) atoms. The summed E-state index contributed by atoms with van der Waals surface area (Å²) in [5.41, 5.74) is 1.84. The van der Waals surface area contributed by atoms with Crippen LogP contribution >= 0.6 is 0 Å². The van der Waals surface area contributed by atoms with Crippen molar-refractivity contribution in [3.8, 4) is 0 Å². The predicted molar refractivity (Wildman–Crippen MR) is 81.1 cm³/mol. The summed E-state index contributed by atoms with van der Waals surface area (Å²) in [6.07, 6.45) is 3.86. The molecule has 2 fully saturated rings. The highest BCUT2D eigenvalue weighted by Crippen LogP contribution is 2.22. The molecule has 2 aliphatic heterocycles. The third-order valence-corrected chi connectivity index (χ3v) is 4.55. The first-order valence-electron chi connectivity index (χ1n) is 7.59. The summed E-state index contributed by atoms with van der Waals surface area (Å²) in [6.45, 7) is 4.00. The van der Waals surface area contributed by atoms with Gasteiger partial charge in [0.2, 0.25) is 0 Å². The van der Waals surface area contributed by atoms with Crippen LogP contribution in [-0.2, 0) is 0 Å². The molecular formula is C16H23N3O. The molecule has 2 heterocycles. The summed E-state index contributed by atoms with van der Waals surface area (Å²) < 4.78 is 0. The Labute approximate surface area is 120 Å². The molecule has 2 aliphatic rings. The van der Waals surface area contributed by atoms with Crippen molar-refractivity contribution in [1.82, 2.24) is 9.80 Å². The zero-order valence-corrected chi connectivity index (χ0v) is 12.1. The van der Waals surface area contributed by atoms with E-state index in [2.05, 4.69) is 10.2 Å². The Balaban J connectivity index is 1.67. The summed E-state index contributed by atoms with van der Waals surface area (Å²) in [4.78, 5) is 17.1. The molecule has 4 heteroatoms. The second-order valence-corrected chi connectivity index (χ2v) is 5.76. The number of hydrogen-bond acceptors (Lipinski definition) is 3. The van der Waals surface area contributed by atoms with E-state index in [1.165, 1.54) is 25.8 Å². The molecule has 1 N–H and O–H groups in total. The number of anilines is 1. The number of fused-ring (bicyclic) bond motifs is 1. The second kappa shape index (κ2) is 5.83. The number of amides is 1. The van der Waals surface area contributed by atoms with E-state index < -0.39 is 0 Å². The Hall–Kier alpha value is -1.55. The van der Waals surface area contributed by atoms with Gasteiger partial charge in [-0.3, -0.25) is 9.69 Å². The molecule has 0 saturated carbocycles. The van der Waals surface area contributed by atoms with E-state index in [9.17, 15) is 4.79 Å². The maximum absolute atomic E-state index is 12.6. The maximum atomic E-state index is 12.6. The molecule has 0 aliphatic carbocycles. The van der Waals surface area contributed by atoms with Gasteiger partial charge in [0.15, 0.2) is 0 Å². The van der Waals surface area contributed by atoms with Gasteiger partial charge in [0.05, 0.1) is 0 Å².